The summed E-state index contributed by atoms with van der Waals surface area (Å²) in [6.45, 7) is 10.2. The van der Waals surface area contributed by atoms with Gasteiger partial charge in [-0.15, -0.1) is 5.10 Å². The minimum Gasteiger partial charge on any atom is -0.490 e. The van der Waals surface area contributed by atoms with Crippen molar-refractivity contribution in [2.24, 2.45) is 0 Å². The Morgan fingerprint density at radius 3 is 2.58 bits per heavy atom. The van der Waals surface area contributed by atoms with Crippen LogP contribution in [0.3, 0.4) is 0 Å². The number of nitrogens with zero attached hydrogens (tertiary/aromatic N) is 5. The van der Waals surface area contributed by atoms with Gasteiger partial charge in [0.1, 0.15) is 12.0 Å². The standard InChI is InChI=1S/C25H27N5O3/c1-5-31-19-10-9-18(14-21(19)32-6-2)11-12-29-17(4)16(3)22-24(29)26-15-30-25(22)27-23(28-30)20-8-7-13-33-20/h7-10,13-15H,5-6,11-12H2,1-4H3. The fourth-order valence-electron chi connectivity index (χ4n) is 4.21. The van der Waals surface area contributed by atoms with Crippen LogP contribution in [0.2, 0.25) is 0 Å². The van der Waals surface area contributed by atoms with Gasteiger partial charge in [-0.2, -0.15) is 0 Å². The van der Waals surface area contributed by atoms with E-state index >= 15 is 0 Å². The van der Waals surface area contributed by atoms with Crippen LogP contribution in [-0.4, -0.2) is 37.4 Å². The average molecular weight is 446 g/mol. The lowest BCUT2D eigenvalue weighted by Gasteiger charge is -2.13. The Morgan fingerprint density at radius 1 is 1.00 bits per heavy atom. The summed E-state index contributed by atoms with van der Waals surface area (Å²) in [4.78, 5) is 9.48. The molecule has 0 N–H and O–H groups in total. The van der Waals surface area contributed by atoms with Crippen LogP contribution in [0.5, 0.6) is 11.5 Å². The highest BCUT2D eigenvalue weighted by Crippen LogP contribution is 2.31. The maximum atomic E-state index is 5.79. The van der Waals surface area contributed by atoms with Gasteiger partial charge in [0, 0.05) is 12.2 Å². The number of ether oxygens (including phenoxy) is 2. The predicted molar refractivity (Wildman–Crippen MR) is 126 cm³/mol. The van der Waals surface area contributed by atoms with Crippen LogP contribution in [0, 0.1) is 13.8 Å². The molecule has 0 bridgehead atoms. The zero-order chi connectivity index (χ0) is 22.9. The summed E-state index contributed by atoms with van der Waals surface area (Å²) in [7, 11) is 0. The fraction of sp³-hybridized carbons (Fsp3) is 0.320. The van der Waals surface area contributed by atoms with Crippen LogP contribution in [-0.2, 0) is 13.0 Å². The minimum absolute atomic E-state index is 0.553. The second kappa shape index (κ2) is 8.61. The van der Waals surface area contributed by atoms with E-state index in [1.165, 1.54) is 11.3 Å². The Bertz CT molecular complexity index is 1420. The van der Waals surface area contributed by atoms with Crippen molar-refractivity contribution in [2.45, 2.75) is 40.7 Å². The molecule has 0 spiro atoms. The molecule has 0 aliphatic carbocycles. The largest absolute Gasteiger partial charge is 0.490 e. The molecule has 33 heavy (non-hydrogen) atoms. The molecule has 0 saturated carbocycles. The van der Waals surface area contributed by atoms with Gasteiger partial charge in [0.25, 0.3) is 0 Å². The molecule has 0 amide bonds. The molecule has 0 fully saturated rings. The number of aromatic nitrogens is 5. The van der Waals surface area contributed by atoms with E-state index in [9.17, 15) is 0 Å². The third kappa shape index (κ3) is 3.71. The summed E-state index contributed by atoms with van der Waals surface area (Å²) in [6.07, 6.45) is 4.18. The number of fused-ring (bicyclic) bond motifs is 3. The van der Waals surface area contributed by atoms with Crippen LogP contribution in [0.1, 0.15) is 30.7 Å². The Hall–Kier alpha value is -3.81. The van der Waals surface area contributed by atoms with Crippen molar-refractivity contribution in [1.82, 2.24) is 24.1 Å². The quantitative estimate of drug-likeness (QED) is 0.335. The van der Waals surface area contributed by atoms with Crippen LogP contribution in [0.15, 0.2) is 47.3 Å². The maximum absolute atomic E-state index is 5.79. The number of benzene rings is 1. The SMILES string of the molecule is CCOc1ccc(CCn2c(C)c(C)c3c2ncn2nc(-c4ccco4)nc32)cc1OCC. The summed E-state index contributed by atoms with van der Waals surface area (Å²) in [5.74, 6) is 2.76. The first-order valence-corrected chi connectivity index (χ1v) is 11.2. The number of hydrogen-bond donors (Lipinski definition) is 0. The highest BCUT2D eigenvalue weighted by molar-refractivity contribution is 5.94. The second-order valence-electron chi connectivity index (χ2n) is 7.88. The van der Waals surface area contributed by atoms with Crippen LogP contribution < -0.4 is 9.47 Å². The summed E-state index contributed by atoms with van der Waals surface area (Å²) in [6, 6.07) is 9.85. The van der Waals surface area contributed by atoms with Gasteiger partial charge in [-0.05, 0) is 69.5 Å². The zero-order valence-corrected chi connectivity index (χ0v) is 19.3. The van der Waals surface area contributed by atoms with Gasteiger partial charge in [-0.3, -0.25) is 0 Å². The van der Waals surface area contributed by atoms with Gasteiger partial charge in [0.2, 0.25) is 5.82 Å². The van der Waals surface area contributed by atoms with Gasteiger partial charge in [0.15, 0.2) is 22.9 Å². The third-order valence-corrected chi connectivity index (χ3v) is 5.92. The molecule has 0 atom stereocenters. The van der Waals surface area contributed by atoms with E-state index in [0.29, 0.717) is 24.8 Å². The minimum atomic E-state index is 0.553. The Labute approximate surface area is 191 Å². The van der Waals surface area contributed by atoms with Crippen molar-refractivity contribution in [3.63, 3.8) is 0 Å². The molecule has 4 heterocycles. The van der Waals surface area contributed by atoms with Crippen molar-refractivity contribution >= 4 is 16.7 Å². The van der Waals surface area contributed by atoms with Crippen LogP contribution in [0.4, 0.5) is 0 Å². The zero-order valence-electron chi connectivity index (χ0n) is 19.3. The first-order valence-electron chi connectivity index (χ1n) is 11.2. The van der Waals surface area contributed by atoms with Gasteiger partial charge in [-0.25, -0.2) is 14.5 Å². The summed E-state index contributed by atoms with van der Waals surface area (Å²) >= 11 is 0. The summed E-state index contributed by atoms with van der Waals surface area (Å²) < 4.78 is 20.9. The molecule has 0 aliphatic heterocycles. The lowest BCUT2D eigenvalue weighted by molar-refractivity contribution is 0.287. The molecule has 8 nitrogen and oxygen atoms in total. The molecule has 5 aromatic rings. The maximum Gasteiger partial charge on any atom is 0.217 e. The lowest BCUT2D eigenvalue weighted by Crippen LogP contribution is -2.05. The van der Waals surface area contributed by atoms with Crippen molar-refractivity contribution in [3.05, 3.63) is 59.7 Å². The lowest BCUT2D eigenvalue weighted by atomic mass is 10.1. The van der Waals surface area contributed by atoms with Crippen LogP contribution in [0.25, 0.3) is 28.3 Å². The van der Waals surface area contributed by atoms with Gasteiger partial charge in [-0.1, -0.05) is 6.07 Å². The Morgan fingerprint density at radius 2 is 1.82 bits per heavy atom. The molecular weight excluding hydrogens is 418 g/mol. The van der Waals surface area contributed by atoms with E-state index in [1.807, 2.05) is 32.0 Å². The average Bonchev–Trinajstić information content (AvgIpc) is 3.54. The van der Waals surface area contributed by atoms with E-state index in [0.717, 1.165) is 46.7 Å². The van der Waals surface area contributed by atoms with E-state index in [1.54, 1.807) is 17.1 Å². The summed E-state index contributed by atoms with van der Waals surface area (Å²) in [5, 5.41) is 5.56. The van der Waals surface area contributed by atoms with E-state index in [-0.39, 0.29) is 0 Å². The molecule has 0 saturated heterocycles. The Kier molecular flexibility index (Phi) is 5.50. The molecule has 0 radical (unpaired) electrons. The number of rotatable bonds is 8. The molecule has 4 aromatic heterocycles. The van der Waals surface area contributed by atoms with Crippen molar-refractivity contribution in [2.75, 3.05) is 13.2 Å². The van der Waals surface area contributed by atoms with E-state index in [4.69, 9.17) is 23.9 Å². The normalized spacial score (nSPS) is 11.5. The smallest absolute Gasteiger partial charge is 0.217 e. The Balaban J connectivity index is 1.49. The molecule has 0 unspecified atom stereocenters. The summed E-state index contributed by atoms with van der Waals surface area (Å²) in [5.41, 5.74) is 5.20. The topological polar surface area (TPSA) is 79.6 Å². The molecule has 1 aromatic carbocycles. The molecule has 0 aliphatic rings. The van der Waals surface area contributed by atoms with Gasteiger partial charge in [0.05, 0.1) is 24.9 Å². The molecule has 8 heteroatoms. The highest BCUT2D eigenvalue weighted by Gasteiger charge is 2.19. The second-order valence-corrected chi connectivity index (χ2v) is 7.88. The monoisotopic (exact) mass is 445 g/mol. The predicted octanol–water partition coefficient (Wildman–Crippen LogP) is 5.00. The third-order valence-electron chi connectivity index (χ3n) is 5.92. The van der Waals surface area contributed by atoms with Crippen molar-refractivity contribution in [1.29, 1.82) is 0 Å². The number of furan rings is 1. The van der Waals surface area contributed by atoms with Crippen LogP contribution >= 0.6 is 0 Å². The molecule has 170 valence electrons. The first kappa shape index (κ1) is 21.1. The first-order chi connectivity index (χ1) is 16.1. The molecular formula is C25H27N5O3. The fourth-order valence-corrected chi connectivity index (χ4v) is 4.21. The van der Waals surface area contributed by atoms with E-state index < -0.39 is 0 Å². The number of hydrogen-bond acceptors (Lipinski definition) is 6. The highest BCUT2D eigenvalue weighted by atomic mass is 16.5. The van der Waals surface area contributed by atoms with Crippen molar-refractivity contribution < 1.29 is 13.9 Å². The molecule has 5 rings (SSSR count). The van der Waals surface area contributed by atoms with Crippen molar-refractivity contribution in [3.8, 4) is 23.1 Å². The van der Waals surface area contributed by atoms with Gasteiger partial charge < -0.3 is 18.5 Å². The van der Waals surface area contributed by atoms with E-state index in [2.05, 4.69) is 35.6 Å². The number of aryl methyl sites for hydroxylation is 3. The van der Waals surface area contributed by atoms with Gasteiger partial charge >= 0.3 is 0 Å².